The summed E-state index contributed by atoms with van der Waals surface area (Å²) in [5, 5.41) is 11.5. The summed E-state index contributed by atoms with van der Waals surface area (Å²) < 4.78 is 13.6. The standard InChI is InChI=1S/C16H20FNO3/c1-3-4-9-14(16(20)21)18-15(19)10-11(2)12-7-5-6-8-13(12)17/h3-8,11,14H,9-10H2,1-2H3,(H,18,19)(H,20,21)/b4-3+. The topological polar surface area (TPSA) is 66.4 Å². The number of nitrogens with one attached hydrogen (secondary N) is 1. The van der Waals surface area contributed by atoms with Gasteiger partial charge in [0.15, 0.2) is 0 Å². The molecule has 1 amide bonds. The summed E-state index contributed by atoms with van der Waals surface area (Å²) >= 11 is 0. The van der Waals surface area contributed by atoms with Crippen LogP contribution in [0.25, 0.3) is 0 Å². The van der Waals surface area contributed by atoms with Crippen LogP contribution in [-0.2, 0) is 9.59 Å². The van der Waals surface area contributed by atoms with E-state index in [4.69, 9.17) is 5.11 Å². The number of carboxylic acids is 1. The second kappa shape index (κ2) is 8.19. The summed E-state index contributed by atoms with van der Waals surface area (Å²) in [5.41, 5.74) is 0.452. The van der Waals surface area contributed by atoms with Gasteiger partial charge in [-0.25, -0.2) is 9.18 Å². The molecule has 0 aliphatic heterocycles. The summed E-state index contributed by atoms with van der Waals surface area (Å²) in [5.74, 6) is -2.16. The second-order valence-corrected chi connectivity index (χ2v) is 4.89. The van der Waals surface area contributed by atoms with Crippen molar-refractivity contribution in [3.05, 3.63) is 47.8 Å². The van der Waals surface area contributed by atoms with Gasteiger partial charge >= 0.3 is 5.97 Å². The number of hydrogen-bond acceptors (Lipinski definition) is 2. The molecule has 0 saturated carbocycles. The van der Waals surface area contributed by atoms with Crippen LogP contribution in [0, 0.1) is 5.82 Å². The van der Waals surface area contributed by atoms with E-state index in [9.17, 15) is 14.0 Å². The lowest BCUT2D eigenvalue weighted by atomic mass is 9.96. The van der Waals surface area contributed by atoms with E-state index in [1.165, 1.54) is 6.07 Å². The van der Waals surface area contributed by atoms with Crippen LogP contribution in [0.15, 0.2) is 36.4 Å². The first-order valence-corrected chi connectivity index (χ1v) is 6.83. The predicted octanol–water partition coefficient (Wildman–Crippen LogP) is 2.85. The van der Waals surface area contributed by atoms with Crippen molar-refractivity contribution in [1.29, 1.82) is 0 Å². The van der Waals surface area contributed by atoms with Crippen molar-refractivity contribution in [1.82, 2.24) is 5.32 Å². The van der Waals surface area contributed by atoms with Gasteiger partial charge in [-0.1, -0.05) is 37.3 Å². The fourth-order valence-electron chi connectivity index (χ4n) is 2.01. The Kier molecular flexibility index (Phi) is 6.59. The average Bonchev–Trinajstić information content (AvgIpc) is 2.43. The van der Waals surface area contributed by atoms with Crippen molar-refractivity contribution in [2.45, 2.75) is 38.6 Å². The molecule has 5 heteroatoms. The fourth-order valence-corrected chi connectivity index (χ4v) is 2.01. The Hall–Kier alpha value is -2.17. The highest BCUT2D eigenvalue weighted by Gasteiger charge is 2.20. The third-order valence-corrected chi connectivity index (χ3v) is 3.17. The Morgan fingerprint density at radius 1 is 1.38 bits per heavy atom. The number of rotatable bonds is 7. The first-order chi connectivity index (χ1) is 9.95. The number of carboxylic acid groups (broad SMARTS) is 1. The van der Waals surface area contributed by atoms with E-state index >= 15 is 0 Å². The number of benzene rings is 1. The highest BCUT2D eigenvalue weighted by molar-refractivity contribution is 5.84. The smallest absolute Gasteiger partial charge is 0.326 e. The maximum atomic E-state index is 13.6. The maximum Gasteiger partial charge on any atom is 0.326 e. The molecule has 1 aromatic rings. The molecule has 1 rings (SSSR count). The monoisotopic (exact) mass is 293 g/mol. The zero-order chi connectivity index (χ0) is 15.8. The van der Waals surface area contributed by atoms with Crippen LogP contribution >= 0.6 is 0 Å². The largest absolute Gasteiger partial charge is 0.480 e. The molecule has 0 fully saturated rings. The predicted molar refractivity (Wildman–Crippen MR) is 78.4 cm³/mol. The van der Waals surface area contributed by atoms with Crippen LogP contribution in [0.1, 0.15) is 38.2 Å². The molecule has 0 spiro atoms. The van der Waals surface area contributed by atoms with E-state index in [1.807, 2.05) is 0 Å². The molecule has 0 saturated heterocycles. The summed E-state index contributed by atoms with van der Waals surface area (Å²) in [4.78, 5) is 22.9. The summed E-state index contributed by atoms with van der Waals surface area (Å²) in [6.07, 6.45) is 3.68. The van der Waals surface area contributed by atoms with Gasteiger partial charge < -0.3 is 10.4 Å². The third kappa shape index (κ3) is 5.38. The van der Waals surface area contributed by atoms with Crippen LogP contribution < -0.4 is 5.32 Å². The quantitative estimate of drug-likeness (QED) is 0.760. The van der Waals surface area contributed by atoms with Gasteiger partial charge in [0.2, 0.25) is 5.91 Å². The summed E-state index contributed by atoms with van der Waals surface area (Å²) in [6.45, 7) is 3.51. The van der Waals surface area contributed by atoms with E-state index < -0.39 is 17.9 Å². The molecule has 21 heavy (non-hydrogen) atoms. The van der Waals surface area contributed by atoms with Gasteiger partial charge in [0.25, 0.3) is 0 Å². The number of carbonyl (C=O) groups excluding carboxylic acids is 1. The Balaban J connectivity index is 2.63. The molecule has 0 radical (unpaired) electrons. The van der Waals surface area contributed by atoms with Gasteiger partial charge in [0, 0.05) is 6.42 Å². The minimum absolute atomic E-state index is 0.0422. The van der Waals surface area contributed by atoms with E-state index in [0.717, 1.165) is 0 Å². The van der Waals surface area contributed by atoms with Crippen LogP contribution in [0.5, 0.6) is 0 Å². The number of allylic oxidation sites excluding steroid dienone is 1. The number of carbonyl (C=O) groups is 2. The van der Waals surface area contributed by atoms with Crippen LogP contribution in [-0.4, -0.2) is 23.0 Å². The van der Waals surface area contributed by atoms with Gasteiger partial charge in [0.05, 0.1) is 0 Å². The summed E-state index contributed by atoms with van der Waals surface area (Å²) in [6, 6.07) is 5.31. The molecular weight excluding hydrogens is 273 g/mol. The van der Waals surface area contributed by atoms with E-state index in [1.54, 1.807) is 44.2 Å². The van der Waals surface area contributed by atoms with Crippen LogP contribution in [0.3, 0.4) is 0 Å². The zero-order valence-electron chi connectivity index (χ0n) is 12.2. The molecule has 1 aromatic carbocycles. The van der Waals surface area contributed by atoms with Crippen molar-refractivity contribution in [3.63, 3.8) is 0 Å². The molecule has 0 heterocycles. The Labute approximate surface area is 123 Å². The lowest BCUT2D eigenvalue weighted by molar-refractivity contribution is -0.141. The summed E-state index contributed by atoms with van der Waals surface area (Å²) in [7, 11) is 0. The number of aliphatic carboxylic acids is 1. The highest BCUT2D eigenvalue weighted by Crippen LogP contribution is 2.21. The second-order valence-electron chi connectivity index (χ2n) is 4.89. The van der Waals surface area contributed by atoms with Crippen molar-refractivity contribution in [2.75, 3.05) is 0 Å². The molecule has 0 aliphatic rings. The van der Waals surface area contributed by atoms with Crippen LogP contribution in [0.2, 0.25) is 0 Å². The number of amides is 1. The maximum absolute atomic E-state index is 13.6. The molecular formula is C16H20FNO3. The van der Waals surface area contributed by atoms with Crippen LogP contribution in [0.4, 0.5) is 4.39 Å². The lowest BCUT2D eigenvalue weighted by Gasteiger charge is -2.16. The number of halogens is 1. The minimum atomic E-state index is -1.08. The van der Waals surface area contributed by atoms with Gasteiger partial charge in [-0.3, -0.25) is 4.79 Å². The molecule has 2 N–H and O–H groups in total. The Morgan fingerprint density at radius 3 is 2.62 bits per heavy atom. The average molecular weight is 293 g/mol. The lowest BCUT2D eigenvalue weighted by Crippen LogP contribution is -2.40. The molecule has 2 unspecified atom stereocenters. The normalized spacial score (nSPS) is 13.9. The first kappa shape index (κ1) is 16.9. The van der Waals surface area contributed by atoms with Gasteiger partial charge in [-0.2, -0.15) is 0 Å². The van der Waals surface area contributed by atoms with Gasteiger partial charge in [-0.05, 0) is 30.9 Å². The molecule has 0 aromatic heterocycles. The fraction of sp³-hybridized carbons (Fsp3) is 0.375. The Morgan fingerprint density at radius 2 is 2.05 bits per heavy atom. The van der Waals surface area contributed by atoms with Gasteiger partial charge in [-0.15, -0.1) is 0 Å². The molecule has 0 bridgehead atoms. The number of hydrogen-bond donors (Lipinski definition) is 2. The minimum Gasteiger partial charge on any atom is -0.480 e. The van der Waals surface area contributed by atoms with Crippen molar-refractivity contribution in [2.24, 2.45) is 0 Å². The van der Waals surface area contributed by atoms with Crippen molar-refractivity contribution < 1.29 is 19.1 Å². The van der Waals surface area contributed by atoms with Crippen molar-refractivity contribution >= 4 is 11.9 Å². The first-order valence-electron chi connectivity index (χ1n) is 6.83. The van der Waals surface area contributed by atoms with E-state index in [2.05, 4.69) is 5.32 Å². The highest BCUT2D eigenvalue weighted by atomic mass is 19.1. The molecule has 0 aliphatic carbocycles. The molecule has 4 nitrogen and oxygen atoms in total. The third-order valence-electron chi connectivity index (χ3n) is 3.17. The molecule has 2 atom stereocenters. The van der Waals surface area contributed by atoms with Gasteiger partial charge in [0.1, 0.15) is 11.9 Å². The Bertz CT molecular complexity index is 528. The molecule has 114 valence electrons. The van der Waals surface area contributed by atoms with E-state index in [0.29, 0.717) is 5.56 Å². The van der Waals surface area contributed by atoms with E-state index in [-0.39, 0.29) is 24.6 Å². The SMILES string of the molecule is C/C=C/CC(NC(=O)CC(C)c1ccccc1F)C(=O)O. The van der Waals surface area contributed by atoms with Crippen molar-refractivity contribution in [3.8, 4) is 0 Å². The zero-order valence-corrected chi connectivity index (χ0v) is 12.2.